The Morgan fingerprint density at radius 2 is 1.96 bits per heavy atom. The van der Waals surface area contributed by atoms with E-state index in [0.29, 0.717) is 5.56 Å². The molecule has 0 N–H and O–H groups in total. The highest BCUT2D eigenvalue weighted by Gasteiger charge is 2.27. The zero-order chi connectivity index (χ0) is 17.3. The van der Waals surface area contributed by atoms with Crippen LogP contribution >= 0.6 is 11.8 Å². The van der Waals surface area contributed by atoms with E-state index < -0.39 is 21.8 Å². The average molecular weight is 367 g/mol. The highest BCUT2D eigenvalue weighted by molar-refractivity contribution is 8.07. The normalized spacial score (nSPS) is 20.2. The van der Waals surface area contributed by atoms with E-state index in [0.717, 1.165) is 43.5 Å². The van der Waals surface area contributed by atoms with Gasteiger partial charge in [0.05, 0.1) is 10.6 Å². The summed E-state index contributed by atoms with van der Waals surface area (Å²) >= 11 is 0.845. The Balaban J connectivity index is 2.08. The van der Waals surface area contributed by atoms with Crippen LogP contribution in [0, 0.1) is 5.82 Å². The minimum absolute atomic E-state index is 0.0243. The van der Waals surface area contributed by atoms with Crippen LogP contribution in [0.5, 0.6) is 0 Å². The topological polar surface area (TPSA) is 92.6 Å². The Morgan fingerprint density at radius 3 is 2.62 bits per heavy atom. The summed E-state index contributed by atoms with van der Waals surface area (Å²) in [5.41, 5.74) is 0.253. The molecule has 1 aliphatic heterocycles. The number of benzene rings is 1. The Bertz CT molecular complexity index is 849. The van der Waals surface area contributed by atoms with Crippen molar-refractivity contribution in [1.29, 1.82) is 0 Å². The second-order valence-electron chi connectivity index (χ2n) is 5.65. The van der Waals surface area contributed by atoms with Gasteiger partial charge in [-0.2, -0.15) is 18.8 Å². The quantitative estimate of drug-likeness (QED) is 0.759. The molecule has 0 atom stereocenters. The molecule has 8 heteroatoms. The van der Waals surface area contributed by atoms with Gasteiger partial charge in [0, 0.05) is 4.91 Å². The van der Waals surface area contributed by atoms with Crippen LogP contribution < -0.4 is 10.2 Å². The first kappa shape index (κ1) is 17.0. The molecule has 0 amide bonds. The van der Waals surface area contributed by atoms with Gasteiger partial charge < -0.3 is 10.2 Å². The lowest BCUT2D eigenvalue weighted by atomic mass is 9.98. The largest absolute Gasteiger partial charge is 0.883 e. The summed E-state index contributed by atoms with van der Waals surface area (Å²) in [5.74, 6) is -2.00. The molecule has 128 valence electrons. The molecule has 3 rings (SSSR count). The maximum Gasteiger partial charge on any atom is 0.283 e. The summed E-state index contributed by atoms with van der Waals surface area (Å²) in [6.45, 7) is 0. The van der Waals surface area contributed by atoms with Gasteiger partial charge in [0.1, 0.15) is 5.82 Å². The summed E-state index contributed by atoms with van der Waals surface area (Å²) in [6.07, 6.45) is 4.85. The molecular weight excluding hydrogens is 353 g/mol. The van der Waals surface area contributed by atoms with Gasteiger partial charge >= 0.3 is 0 Å². The molecule has 1 saturated carbocycles. The van der Waals surface area contributed by atoms with Crippen molar-refractivity contribution < 1.29 is 23.0 Å². The van der Waals surface area contributed by atoms with Crippen molar-refractivity contribution in [2.75, 3.05) is 0 Å². The fraction of sp³-hybridized carbons (Fsp3) is 0.312. The number of sulfonamides is 1. The van der Waals surface area contributed by atoms with Crippen molar-refractivity contribution in [2.45, 2.75) is 36.5 Å². The van der Waals surface area contributed by atoms with E-state index in [2.05, 4.69) is 4.40 Å². The zero-order valence-corrected chi connectivity index (χ0v) is 14.2. The smallest absolute Gasteiger partial charge is 0.283 e. The second kappa shape index (κ2) is 6.60. The number of hydrogen-bond acceptors (Lipinski definition) is 5. The van der Waals surface area contributed by atoms with Crippen LogP contribution in [0.1, 0.15) is 37.2 Å². The Hall–Kier alpha value is -1.80. The fourth-order valence-electron chi connectivity index (χ4n) is 3.02. The molecule has 1 aliphatic carbocycles. The minimum Gasteiger partial charge on any atom is -0.883 e. The molecule has 0 unspecified atom stereocenters. The summed E-state index contributed by atoms with van der Waals surface area (Å²) in [4.78, 5) is -0.311. The predicted octanol–water partition coefficient (Wildman–Crippen LogP) is 1.76. The van der Waals surface area contributed by atoms with E-state index in [1.165, 1.54) is 23.6 Å². The predicted molar refractivity (Wildman–Crippen MR) is 86.0 cm³/mol. The van der Waals surface area contributed by atoms with E-state index in [1.54, 1.807) is 0 Å². The van der Waals surface area contributed by atoms with Crippen molar-refractivity contribution in [3.8, 4) is 0 Å². The lowest BCUT2D eigenvalue weighted by Gasteiger charge is -2.20. The van der Waals surface area contributed by atoms with Crippen LogP contribution in [-0.2, 0) is 10.0 Å². The number of nitrogens with zero attached hydrogens (tertiary/aromatic N) is 1. The van der Waals surface area contributed by atoms with Crippen molar-refractivity contribution in [2.24, 2.45) is 4.40 Å². The molecule has 0 spiro atoms. The SMILES string of the molecule is O=S(=O)(/N=C1\C=CSC1=C([O-])[O-])c1ccc(F)cc1C1CCCC1. The summed E-state index contributed by atoms with van der Waals surface area (Å²) in [5, 5.41) is 23.5. The zero-order valence-electron chi connectivity index (χ0n) is 12.6. The average Bonchev–Trinajstić information content (AvgIpc) is 3.17. The van der Waals surface area contributed by atoms with E-state index in [-0.39, 0.29) is 21.4 Å². The Kier molecular flexibility index (Phi) is 4.69. The molecule has 5 nitrogen and oxygen atoms in total. The third-order valence-corrected chi connectivity index (χ3v) is 6.34. The second-order valence-corrected chi connectivity index (χ2v) is 8.14. The Morgan fingerprint density at radius 1 is 1.25 bits per heavy atom. The monoisotopic (exact) mass is 367 g/mol. The van der Waals surface area contributed by atoms with Crippen LogP contribution in [0.3, 0.4) is 0 Å². The third-order valence-electron chi connectivity index (χ3n) is 4.09. The standard InChI is InChI=1S/C16H16FNO4S2/c17-11-5-6-14(12(9-11)10-3-1-2-4-10)24(21,22)18-13-7-8-23-15(13)16(19)20/h5-10,19-20H,1-4H2/p-2/b18-13+. The molecule has 1 heterocycles. The molecular formula is C16H14FNO4S2-2. The molecule has 1 aromatic carbocycles. The van der Waals surface area contributed by atoms with Crippen LogP contribution in [0.15, 0.2) is 49.8 Å². The van der Waals surface area contributed by atoms with Gasteiger partial charge in [0.2, 0.25) is 0 Å². The summed E-state index contributed by atoms with van der Waals surface area (Å²) in [7, 11) is -4.15. The van der Waals surface area contributed by atoms with Crippen LogP contribution in [0.4, 0.5) is 4.39 Å². The van der Waals surface area contributed by atoms with Gasteiger partial charge in [-0.25, -0.2) is 4.39 Å². The first-order valence-electron chi connectivity index (χ1n) is 7.45. The van der Waals surface area contributed by atoms with Crippen molar-refractivity contribution in [3.05, 3.63) is 51.9 Å². The van der Waals surface area contributed by atoms with Crippen molar-refractivity contribution in [1.82, 2.24) is 0 Å². The van der Waals surface area contributed by atoms with Crippen LogP contribution in [0.2, 0.25) is 0 Å². The molecule has 1 fully saturated rings. The maximum atomic E-state index is 13.6. The highest BCUT2D eigenvalue weighted by atomic mass is 32.2. The van der Waals surface area contributed by atoms with Gasteiger partial charge in [-0.3, -0.25) is 0 Å². The summed E-state index contributed by atoms with van der Waals surface area (Å²) < 4.78 is 42.6. The van der Waals surface area contributed by atoms with E-state index >= 15 is 0 Å². The number of allylic oxidation sites excluding steroid dienone is 2. The molecule has 0 aromatic heterocycles. The lowest BCUT2D eigenvalue weighted by Crippen LogP contribution is -2.22. The first-order chi connectivity index (χ1) is 11.4. The van der Waals surface area contributed by atoms with Crippen molar-refractivity contribution in [3.63, 3.8) is 0 Å². The summed E-state index contributed by atoms with van der Waals surface area (Å²) in [6, 6.07) is 3.52. The molecule has 24 heavy (non-hydrogen) atoms. The molecule has 2 aliphatic rings. The minimum atomic E-state index is -4.15. The first-order valence-corrected chi connectivity index (χ1v) is 9.77. The maximum absolute atomic E-state index is 13.6. The highest BCUT2D eigenvalue weighted by Crippen LogP contribution is 2.38. The van der Waals surface area contributed by atoms with Crippen molar-refractivity contribution >= 4 is 27.5 Å². The number of hydrogen-bond donors (Lipinski definition) is 0. The van der Waals surface area contributed by atoms with E-state index in [9.17, 15) is 23.0 Å². The molecule has 0 saturated heterocycles. The van der Waals surface area contributed by atoms with Gasteiger partial charge in [-0.15, -0.1) is 0 Å². The Labute approximate surface area is 143 Å². The van der Waals surface area contributed by atoms with Crippen LogP contribution in [-0.4, -0.2) is 14.1 Å². The van der Waals surface area contributed by atoms with Gasteiger partial charge in [-0.1, -0.05) is 24.6 Å². The molecule has 0 bridgehead atoms. The molecule has 1 aromatic rings. The number of halogens is 1. The fourth-order valence-corrected chi connectivity index (χ4v) is 5.01. The van der Waals surface area contributed by atoms with Gasteiger partial charge in [0.15, 0.2) is 0 Å². The third kappa shape index (κ3) is 3.34. The van der Waals surface area contributed by atoms with Gasteiger partial charge in [-0.05, 0) is 54.0 Å². The van der Waals surface area contributed by atoms with E-state index in [1.807, 2.05) is 0 Å². The van der Waals surface area contributed by atoms with Gasteiger partial charge in [0.25, 0.3) is 10.0 Å². The number of rotatable bonds is 3. The number of thioether (sulfide) groups is 1. The molecule has 0 radical (unpaired) electrons. The van der Waals surface area contributed by atoms with E-state index in [4.69, 9.17) is 0 Å². The lowest BCUT2D eigenvalue weighted by molar-refractivity contribution is -0.513. The van der Waals surface area contributed by atoms with Crippen LogP contribution in [0.25, 0.3) is 0 Å².